The Balaban J connectivity index is 1.51. The Morgan fingerprint density at radius 3 is 2.75 bits per heavy atom. The van der Waals surface area contributed by atoms with E-state index in [1.165, 1.54) is 47.0 Å². The molecule has 0 saturated carbocycles. The van der Waals surface area contributed by atoms with Gasteiger partial charge in [0.1, 0.15) is 11.9 Å². The van der Waals surface area contributed by atoms with Crippen LogP contribution in [0.5, 0.6) is 0 Å². The number of alkyl halides is 3. The molecule has 0 radical (unpaired) electrons. The Labute approximate surface area is 177 Å². The SMILES string of the molecule is CC(=O)NC[C@H]1CN(c2ccc(-n3ccc(-c4noc(C(F)(F)F)n4)c3)c(F)c2)C(=O)O1. The number of aromatic nitrogens is 3. The van der Waals surface area contributed by atoms with Crippen molar-refractivity contribution in [1.82, 2.24) is 20.0 Å². The number of hydrogen-bond donors (Lipinski definition) is 1. The normalized spacial score (nSPS) is 16.3. The van der Waals surface area contributed by atoms with Gasteiger partial charge in [-0.2, -0.15) is 18.2 Å². The molecule has 1 N–H and O–H groups in total. The van der Waals surface area contributed by atoms with Gasteiger partial charge in [0.15, 0.2) is 0 Å². The third-order valence-electron chi connectivity index (χ3n) is 4.59. The van der Waals surface area contributed by atoms with Crippen molar-refractivity contribution in [2.45, 2.75) is 19.2 Å². The minimum atomic E-state index is -4.77. The second kappa shape index (κ2) is 7.98. The van der Waals surface area contributed by atoms with Crippen LogP contribution in [-0.4, -0.2) is 45.9 Å². The molecule has 1 atom stereocenters. The molecule has 2 amide bonds. The van der Waals surface area contributed by atoms with Crippen LogP contribution in [0.25, 0.3) is 17.1 Å². The molecule has 1 saturated heterocycles. The number of halogens is 4. The van der Waals surface area contributed by atoms with Crippen molar-refractivity contribution >= 4 is 17.7 Å². The van der Waals surface area contributed by atoms with Crippen molar-refractivity contribution in [3.8, 4) is 17.1 Å². The number of rotatable bonds is 5. The molecule has 13 heteroatoms. The molecule has 0 bridgehead atoms. The summed E-state index contributed by atoms with van der Waals surface area (Å²) in [6.45, 7) is 1.60. The van der Waals surface area contributed by atoms with Gasteiger partial charge in [0.05, 0.1) is 24.5 Å². The number of nitrogens with one attached hydrogen (secondary N) is 1. The van der Waals surface area contributed by atoms with Crippen LogP contribution < -0.4 is 10.2 Å². The van der Waals surface area contributed by atoms with E-state index < -0.39 is 30.1 Å². The minimum absolute atomic E-state index is 0.0851. The highest BCUT2D eigenvalue weighted by atomic mass is 19.4. The standard InChI is InChI=1S/C19H15F4N5O4/c1-10(29)24-7-13-9-28(18(30)31-13)12-2-3-15(14(20)6-12)27-5-4-11(8-27)16-25-17(32-26-16)19(21,22)23/h2-6,8,13H,7,9H2,1H3,(H,24,29)/t13-/m0/s1. The van der Waals surface area contributed by atoms with E-state index in [1.807, 2.05) is 0 Å². The molecule has 168 valence electrons. The number of nitrogens with zero attached hydrogens (tertiary/aromatic N) is 4. The maximum atomic E-state index is 14.8. The third-order valence-corrected chi connectivity index (χ3v) is 4.59. The Morgan fingerprint density at radius 1 is 1.31 bits per heavy atom. The van der Waals surface area contributed by atoms with Crippen LogP contribution >= 0.6 is 0 Å². The van der Waals surface area contributed by atoms with Gasteiger partial charge >= 0.3 is 18.2 Å². The number of carbonyl (C=O) groups is 2. The van der Waals surface area contributed by atoms with Crippen molar-refractivity contribution in [3.63, 3.8) is 0 Å². The fourth-order valence-corrected chi connectivity index (χ4v) is 3.10. The van der Waals surface area contributed by atoms with Crippen LogP contribution in [0, 0.1) is 5.82 Å². The first-order valence-electron chi connectivity index (χ1n) is 9.23. The first-order valence-corrected chi connectivity index (χ1v) is 9.23. The van der Waals surface area contributed by atoms with E-state index in [-0.39, 0.29) is 41.8 Å². The van der Waals surface area contributed by atoms with Crippen molar-refractivity contribution in [3.05, 3.63) is 48.4 Å². The van der Waals surface area contributed by atoms with Gasteiger partial charge in [-0.05, 0) is 24.3 Å². The van der Waals surface area contributed by atoms with E-state index in [2.05, 4.69) is 20.0 Å². The lowest BCUT2D eigenvalue weighted by atomic mass is 10.2. The van der Waals surface area contributed by atoms with Gasteiger partial charge in [-0.15, -0.1) is 0 Å². The third kappa shape index (κ3) is 4.26. The first-order chi connectivity index (χ1) is 15.1. The number of amides is 2. The number of anilines is 1. The van der Waals surface area contributed by atoms with E-state index in [4.69, 9.17) is 4.74 Å². The molecule has 0 unspecified atom stereocenters. The maximum absolute atomic E-state index is 14.8. The van der Waals surface area contributed by atoms with Crippen molar-refractivity contribution < 1.29 is 36.4 Å². The number of cyclic esters (lactones) is 1. The van der Waals surface area contributed by atoms with Gasteiger partial charge in [-0.25, -0.2) is 9.18 Å². The summed E-state index contributed by atoms with van der Waals surface area (Å²) in [5, 5.41) is 5.84. The van der Waals surface area contributed by atoms with Gasteiger partial charge < -0.3 is 19.1 Å². The van der Waals surface area contributed by atoms with E-state index in [9.17, 15) is 27.2 Å². The average Bonchev–Trinajstić information content (AvgIpc) is 3.45. The fourth-order valence-electron chi connectivity index (χ4n) is 3.10. The van der Waals surface area contributed by atoms with E-state index in [0.29, 0.717) is 0 Å². The number of carbonyl (C=O) groups excluding carboxylic acids is 2. The van der Waals surface area contributed by atoms with Crippen LogP contribution in [0.15, 0.2) is 41.2 Å². The fraction of sp³-hybridized carbons (Fsp3) is 0.263. The van der Waals surface area contributed by atoms with Crippen molar-refractivity contribution in [1.29, 1.82) is 0 Å². The molecule has 1 aliphatic rings. The molecule has 1 aromatic carbocycles. The summed E-state index contributed by atoms with van der Waals surface area (Å²) in [5.41, 5.74) is 0.528. The highest BCUT2D eigenvalue weighted by Gasteiger charge is 2.38. The summed E-state index contributed by atoms with van der Waals surface area (Å²) in [6, 6.07) is 5.44. The van der Waals surface area contributed by atoms with Gasteiger partial charge in [0.2, 0.25) is 11.7 Å². The van der Waals surface area contributed by atoms with Gasteiger partial charge in [0.25, 0.3) is 0 Å². The van der Waals surface area contributed by atoms with E-state index in [0.717, 1.165) is 6.07 Å². The summed E-state index contributed by atoms with van der Waals surface area (Å²) in [4.78, 5) is 27.6. The topological polar surface area (TPSA) is 102 Å². The summed E-state index contributed by atoms with van der Waals surface area (Å²) < 4.78 is 63.4. The molecular weight excluding hydrogens is 438 g/mol. The van der Waals surface area contributed by atoms with Crippen LogP contribution in [0.1, 0.15) is 12.8 Å². The zero-order valence-corrected chi connectivity index (χ0v) is 16.4. The molecule has 3 heterocycles. The zero-order valence-electron chi connectivity index (χ0n) is 16.4. The number of benzene rings is 1. The number of hydrogen-bond acceptors (Lipinski definition) is 6. The Morgan fingerprint density at radius 2 is 2.09 bits per heavy atom. The van der Waals surface area contributed by atoms with Crippen LogP contribution in [0.3, 0.4) is 0 Å². The van der Waals surface area contributed by atoms with Gasteiger partial charge in [-0.3, -0.25) is 9.69 Å². The molecule has 1 fully saturated rings. The molecule has 0 spiro atoms. The second-order valence-electron chi connectivity index (χ2n) is 6.92. The summed E-state index contributed by atoms with van der Waals surface area (Å²) >= 11 is 0. The Hall–Kier alpha value is -3.90. The smallest absolute Gasteiger partial charge is 0.442 e. The quantitative estimate of drug-likeness (QED) is 0.596. The number of ether oxygens (including phenoxy) is 1. The summed E-state index contributed by atoms with van der Waals surface area (Å²) in [7, 11) is 0. The molecular formula is C19H15F4N5O4. The largest absolute Gasteiger partial charge is 0.471 e. The average molecular weight is 453 g/mol. The molecule has 9 nitrogen and oxygen atoms in total. The monoisotopic (exact) mass is 453 g/mol. The summed E-state index contributed by atoms with van der Waals surface area (Å²) in [5.74, 6) is -2.73. The molecule has 1 aliphatic heterocycles. The molecule has 32 heavy (non-hydrogen) atoms. The van der Waals surface area contributed by atoms with Crippen molar-refractivity contribution in [2.24, 2.45) is 0 Å². The van der Waals surface area contributed by atoms with Crippen molar-refractivity contribution in [2.75, 3.05) is 18.0 Å². The van der Waals surface area contributed by atoms with Crippen LogP contribution in [0.2, 0.25) is 0 Å². The van der Waals surface area contributed by atoms with Crippen LogP contribution in [0.4, 0.5) is 28.0 Å². The molecule has 2 aromatic heterocycles. The lowest BCUT2D eigenvalue weighted by molar-refractivity contribution is -0.159. The van der Waals surface area contributed by atoms with E-state index >= 15 is 0 Å². The molecule has 4 rings (SSSR count). The Kier molecular flexibility index (Phi) is 5.32. The van der Waals surface area contributed by atoms with Gasteiger partial charge in [0, 0.05) is 24.9 Å². The lowest BCUT2D eigenvalue weighted by Crippen LogP contribution is -2.33. The van der Waals surface area contributed by atoms with Crippen LogP contribution in [-0.2, 0) is 15.7 Å². The van der Waals surface area contributed by atoms with E-state index in [1.54, 1.807) is 0 Å². The first kappa shape index (κ1) is 21.3. The highest BCUT2D eigenvalue weighted by Crippen LogP contribution is 2.30. The Bertz CT molecular complexity index is 1170. The zero-order chi connectivity index (χ0) is 23.0. The van der Waals surface area contributed by atoms with Gasteiger partial charge in [-0.1, -0.05) is 5.16 Å². The second-order valence-corrected chi connectivity index (χ2v) is 6.92. The molecule has 0 aliphatic carbocycles. The highest BCUT2D eigenvalue weighted by molar-refractivity contribution is 5.90. The summed E-state index contributed by atoms with van der Waals surface area (Å²) in [6.07, 6.45) is -3.25. The minimum Gasteiger partial charge on any atom is -0.442 e. The molecule has 3 aromatic rings. The maximum Gasteiger partial charge on any atom is 0.471 e. The predicted molar refractivity (Wildman–Crippen MR) is 100 cm³/mol. The predicted octanol–water partition coefficient (Wildman–Crippen LogP) is 3.15. The lowest BCUT2D eigenvalue weighted by Gasteiger charge is -2.14.